The zero-order valence-corrected chi connectivity index (χ0v) is 23.4. The van der Waals surface area contributed by atoms with Crippen LogP contribution >= 0.6 is 0 Å². The molecule has 0 aromatic carbocycles. The maximum Gasteiger partial charge on any atom is 0.303 e. The van der Waals surface area contributed by atoms with Crippen LogP contribution in [0.15, 0.2) is 0 Å². The van der Waals surface area contributed by atoms with Crippen LogP contribution in [0.3, 0.4) is 0 Å². The smallest absolute Gasteiger partial charge is 0.303 e. The van der Waals surface area contributed by atoms with Crippen LogP contribution in [0.1, 0.15) is 91.9 Å². The number of fused-ring (bicyclic) bond motifs is 5. The largest absolute Gasteiger partial charge is 0.481 e. The van der Waals surface area contributed by atoms with Gasteiger partial charge in [-0.05, 0) is 104 Å². The number of aliphatic hydroxyl groups is 1. The number of rotatable bonds is 11. The molecule has 0 bridgehead atoms. The number of carboxylic acids is 1. The summed E-state index contributed by atoms with van der Waals surface area (Å²) in [7, 11) is 1.68. The van der Waals surface area contributed by atoms with Gasteiger partial charge in [0, 0.05) is 13.5 Å². The summed E-state index contributed by atoms with van der Waals surface area (Å²) >= 11 is 0. The second-order valence-corrected chi connectivity index (χ2v) is 13.2. The molecule has 6 nitrogen and oxygen atoms in total. The molecule has 11 atom stereocenters. The quantitative estimate of drug-likeness (QED) is 0.273. The van der Waals surface area contributed by atoms with Gasteiger partial charge in [-0.1, -0.05) is 34.1 Å². The van der Waals surface area contributed by atoms with Gasteiger partial charge in [-0.2, -0.15) is 0 Å². The molecule has 208 valence electrons. The van der Waals surface area contributed by atoms with Crippen molar-refractivity contribution in [3.63, 3.8) is 0 Å². The first-order chi connectivity index (χ1) is 17.2. The lowest BCUT2D eigenvalue weighted by molar-refractivity contribution is -0.213. The molecule has 0 saturated heterocycles. The highest BCUT2D eigenvalue weighted by Gasteiger charge is 2.64. The maximum atomic E-state index is 12.0. The molecule has 0 heterocycles. The maximum absolute atomic E-state index is 12.0. The molecule has 0 radical (unpaired) electrons. The summed E-state index contributed by atoms with van der Waals surface area (Å²) in [5, 5.41) is 21.2. The Morgan fingerprint density at radius 2 is 1.75 bits per heavy atom. The normalized spacial score (nSPS) is 44.9. The number of aliphatic hydroxyl groups excluding tert-OH is 1. The first-order valence-electron chi connectivity index (χ1n) is 14.8. The molecule has 4 saturated carbocycles. The van der Waals surface area contributed by atoms with Crippen molar-refractivity contribution < 1.29 is 29.2 Å². The second-order valence-electron chi connectivity index (χ2n) is 13.2. The molecular formula is C30H52O6. The van der Waals surface area contributed by atoms with E-state index in [1.807, 2.05) is 0 Å². The standard InChI is InChI=1S/C30H52O6/c1-6-21-25-17-20(36-18-35-16-15-34-5)11-13-30(25,4)24-12-14-29(3)22(19(2)7-10-26(31)32)8-9-23(29)27(24)28(21)33/h19-25,27-28,33H,6-18H2,1-5H3,(H,31,32)/t19-,20-,21-,22-,23+,24+,25?,27?,28-,29?,30?/m1/s1. The van der Waals surface area contributed by atoms with Crippen molar-refractivity contribution in [3.05, 3.63) is 0 Å². The summed E-state index contributed by atoms with van der Waals surface area (Å²) in [5.41, 5.74) is 0.483. The Labute approximate surface area is 218 Å². The van der Waals surface area contributed by atoms with Gasteiger partial charge < -0.3 is 24.4 Å². The summed E-state index contributed by atoms with van der Waals surface area (Å²) in [5.74, 6) is 2.64. The SMILES string of the molecule is CC[C@@H]1C2C[C@H](OCOCCOC)CCC2(C)[C@H]2CCC3(C)[C@@H]([C@H](C)CCC(=O)O)CC[C@H]3C2[C@@H]1O. The lowest BCUT2D eigenvalue weighted by atomic mass is 9.41. The highest BCUT2D eigenvalue weighted by Crippen LogP contribution is 2.69. The Balaban J connectivity index is 1.48. The molecule has 2 N–H and O–H groups in total. The van der Waals surface area contributed by atoms with Crippen LogP contribution in [0, 0.1) is 52.3 Å². The number of hydrogen-bond acceptors (Lipinski definition) is 5. The summed E-state index contributed by atoms with van der Waals surface area (Å²) in [4.78, 5) is 11.2. The molecule has 4 aliphatic rings. The van der Waals surface area contributed by atoms with Crippen LogP contribution in [-0.2, 0) is 19.0 Å². The van der Waals surface area contributed by atoms with Crippen molar-refractivity contribution >= 4 is 5.97 Å². The average molecular weight is 509 g/mol. The van der Waals surface area contributed by atoms with Gasteiger partial charge in [-0.15, -0.1) is 0 Å². The van der Waals surface area contributed by atoms with Gasteiger partial charge in [0.15, 0.2) is 0 Å². The molecular weight excluding hydrogens is 456 g/mol. The molecule has 0 amide bonds. The minimum atomic E-state index is -0.682. The van der Waals surface area contributed by atoms with Gasteiger partial charge in [-0.3, -0.25) is 4.79 Å². The molecule has 4 unspecified atom stereocenters. The van der Waals surface area contributed by atoms with E-state index in [4.69, 9.17) is 14.2 Å². The van der Waals surface area contributed by atoms with Crippen LogP contribution in [0.25, 0.3) is 0 Å². The lowest BCUT2D eigenvalue weighted by Crippen LogP contribution is -2.62. The van der Waals surface area contributed by atoms with E-state index in [0.717, 1.165) is 25.7 Å². The Morgan fingerprint density at radius 1 is 1.03 bits per heavy atom. The van der Waals surface area contributed by atoms with Crippen LogP contribution in [0.5, 0.6) is 0 Å². The van der Waals surface area contributed by atoms with E-state index >= 15 is 0 Å². The Bertz CT molecular complexity index is 743. The van der Waals surface area contributed by atoms with Crippen molar-refractivity contribution in [1.82, 2.24) is 0 Å². The number of hydrogen-bond donors (Lipinski definition) is 2. The number of aliphatic carboxylic acids is 1. The Kier molecular flexibility index (Phi) is 9.12. The fraction of sp³-hybridized carbons (Fsp3) is 0.967. The zero-order chi connectivity index (χ0) is 26.1. The summed E-state index contributed by atoms with van der Waals surface area (Å²) < 4.78 is 16.8. The summed E-state index contributed by atoms with van der Waals surface area (Å²) in [6.45, 7) is 11.0. The first kappa shape index (κ1) is 28.3. The average Bonchev–Trinajstić information content (AvgIpc) is 3.20. The molecule has 0 aliphatic heterocycles. The van der Waals surface area contributed by atoms with Crippen molar-refractivity contribution in [2.24, 2.45) is 52.3 Å². The molecule has 4 aliphatic carbocycles. The number of carboxylic acid groups (broad SMARTS) is 1. The van der Waals surface area contributed by atoms with E-state index in [9.17, 15) is 15.0 Å². The summed E-state index contributed by atoms with van der Waals surface area (Å²) in [6.07, 6.45) is 10.1. The van der Waals surface area contributed by atoms with Crippen molar-refractivity contribution in [1.29, 1.82) is 0 Å². The minimum absolute atomic E-state index is 0.211. The number of methoxy groups -OCH3 is 1. The van der Waals surface area contributed by atoms with Crippen molar-refractivity contribution in [3.8, 4) is 0 Å². The molecule has 0 aromatic heterocycles. The first-order valence-corrected chi connectivity index (χ1v) is 14.8. The lowest BCUT2D eigenvalue weighted by Gasteiger charge is -2.65. The van der Waals surface area contributed by atoms with Gasteiger partial charge >= 0.3 is 5.97 Å². The topological polar surface area (TPSA) is 85.2 Å². The van der Waals surface area contributed by atoms with Gasteiger partial charge in [-0.25, -0.2) is 0 Å². The van der Waals surface area contributed by atoms with E-state index in [1.165, 1.54) is 32.1 Å². The molecule has 6 heteroatoms. The fourth-order valence-corrected chi connectivity index (χ4v) is 9.97. The third-order valence-corrected chi connectivity index (χ3v) is 11.8. The van der Waals surface area contributed by atoms with Crippen molar-refractivity contribution in [2.75, 3.05) is 27.1 Å². The van der Waals surface area contributed by atoms with Crippen molar-refractivity contribution in [2.45, 2.75) is 104 Å². The fourth-order valence-electron chi connectivity index (χ4n) is 9.97. The van der Waals surface area contributed by atoms with Crippen LogP contribution in [0.2, 0.25) is 0 Å². The Hall–Kier alpha value is -0.690. The molecule has 0 spiro atoms. The predicted molar refractivity (Wildman–Crippen MR) is 139 cm³/mol. The van der Waals surface area contributed by atoms with Crippen LogP contribution < -0.4 is 0 Å². The van der Waals surface area contributed by atoms with E-state index in [0.29, 0.717) is 61.4 Å². The molecule has 36 heavy (non-hydrogen) atoms. The minimum Gasteiger partial charge on any atom is -0.481 e. The predicted octanol–water partition coefficient (Wildman–Crippen LogP) is 5.76. The van der Waals surface area contributed by atoms with Crippen LogP contribution in [-0.4, -0.2) is 55.5 Å². The van der Waals surface area contributed by atoms with E-state index < -0.39 is 5.97 Å². The van der Waals surface area contributed by atoms with E-state index in [1.54, 1.807) is 7.11 Å². The van der Waals surface area contributed by atoms with E-state index in [2.05, 4.69) is 27.7 Å². The summed E-state index contributed by atoms with van der Waals surface area (Å²) in [6, 6.07) is 0. The van der Waals surface area contributed by atoms with E-state index in [-0.39, 0.29) is 29.5 Å². The van der Waals surface area contributed by atoms with Crippen LogP contribution in [0.4, 0.5) is 0 Å². The number of ether oxygens (including phenoxy) is 3. The second kappa shape index (κ2) is 11.6. The molecule has 4 rings (SSSR count). The van der Waals surface area contributed by atoms with Gasteiger partial charge in [0.2, 0.25) is 0 Å². The molecule has 0 aromatic rings. The number of carbonyl (C=O) groups is 1. The highest BCUT2D eigenvalue weighted by atomic mass is 16.7. The monoisotopic (exact) mass is 508 g/mol. The third kappa shape index (κ3) is 5.13. The van der Waals surface area contributed by atoms with Gasteiger partial charge in [0.1, 0.15) is 6.79 Å². The Morgan fingerprint density at radius 3 is 2.44 bits per heavy atom. The van der Waals surface area contributed by atoms with Gasteiger partial charge in [0.25, 0.3) is 0 Å². The zero-order valence-electron chi connectivity index (χ0n) is 23.4. The molecule has 4 fully saturated rings. The third-order valence-electron chi connectivity index (χ3n) is 11.8. The highest BCUT2D eigenvalue weighted by molar-refractivity contribution is 5.66. The van der Waals surface area contributed by atoms with Gasteiger partial charge in [0.05, 0.1) is 25.4 Å².